The third-order valence-corrected chi connectivity index (χ3v) is 5.92. The Hall–Kier alpha value is -3.61. The second-order valence-corrected chi connectivity index (χ2v) is 8.08. The number of aromatic nitrogens is 2. The summed E-state index contributed by atoms with van der Waals surface area (Å²) in [4.78, 5) is 24.6. The topological polar surface area (TPSA) is 80.5 Å². The molecule has 0 aliphatic carbocycles. The highest BCUT2D eigenvalue weighted by molar-refractivity contribution is 6.07. The molecule has 3 heterocycles. The molecule has 32 heavy (non-hydrogen) atoms. The van der Waals surface area contributed by atoms with Crippen molar-refractivity contribution in [2.45, 2.75) is 32.2 Å². The van der Waals surface area contributed by atoms with Crippen LogP contribution in [0.25, 0.3) is 22.1 Å². The molecule has 4 aromatic rings. The highest BCUT2D eigenvalue weighted by Crippen LogP contribution is 2.33. The van der Waals surface area contributed by atoms with Gasteiger partial charge < -0.3 is 19.4 Å². The number of para-hydroxylation sites is 1. The number of carbonyl (C=O) groups excluding carboxylic acids is 1. The number of carbonyl (C=O) groups is 1. The van der Waals surface area contributed by atoms with E-state index < -0.39 is 0 Å². The fourth-order valence-corrected chi connectivity index (χ4v) is 4.18. The summed E-state index contributed by atoms with van der Waals surface area (Å²) in [5.74, 6) is 1.35. The molecule has 1 saturated heterocycles. The van der Waals surface area contributed by atoms with E-state index in [1.807, 2.05) is 48.5 Å². The van der Waals surface area contributed by atoms with Crippen molar-refractivity contribution >= 4 is 33.8 Å². The van der Waals surface area contributed by atoms with Crippen molar-refractivity contribution in [1.82, 2.24) is 15.3 Å². The predicted octanol–water partition coefficient (Wildman–Crippen LogP) is 4.70. The summed E-state index contributed by atoms with van der Waals surface area (Å²) < 4.78 is 11.3. The minimum absolute atomic E-state index is 0.164. The monoisotopic (exact) mass is 430 g/mol. The first-order valence-corrected chi connectivity index (χ1v) is 11.1. The molecule has 164 valence electrons. The van der Waals surface area contributed by atoms with E-state index in [4.69, 9.17) is 14.1 Å². The van der Waals surface area contributed by atoms with E-state index in [-0.39, 0.29) is 11.7 Å². The maximum absolute atomic E-state index is 13.0. The lowest BCUT2D eigenvalue weighted by molar-refractivity contribution is 0.0941. The maximum atomic E-state index is 13.0. The Labute approximate surface area is 186 Å². The molecule has 1 aliphatic heterocycles. The first-order chi connectivity index (χ1) is 15.7. The molecule has 7 heteroatoms. The average Bonchev–Trinajstić information content (AvgIpc) is 3.00. The lowest BCUT2D eigenvalue weighted by Gasteiger charge is -2.21. The summed E-state index contributed by atoms with van der Waals surface area (Å²) in [5, 5.41) is 3.84. The molecule has 2 aromatic carbocycles. The van der Waals surface area contributed by atoms with Gasteiger partial charge in [0.2, 0.25) is 5.82 Å². The van der Waals surface area contributed by atoms with Crippen molar-refractivity contribution in [1.29, 1.82) is 0 Å². The second kappa shape index (κ2) is 8.86. The SMILES string of the molecule is COc1ccc(CNC(=O)c2nc(N3CCCCCC3)c3oc4ccccc4c3n2)cc1. The minimum Gasteiger partial charge on any atom is -0.497 e. The quantitative estimate of drug-likeness (QED) is 0.495. The molecular weight excluding hydrogens is 404 g/mol. The number of hydrogen-bond acceptors (Lipinski definition) is 6. The van der Waals surface area contributed by atoms with Crippen molar-refractivity contribution in [3.63, 3.8) is 0 Å². The maximum Gasteiger partial charge on any atom is 0.289 e. The average molecular weight is 431 g/mol. The van der Waals surface area contributed by atoms with E-state index in [2.05, 4.69) is 15.2 Å². The molecule has 0 spiro atoms. The molecule has 0 saturated carbocycles. The summed E-state index contributed by atoms with van der Waals surface area (Å²) in [5.41, 5.74) is 3.06. The third kappa shape index (κ3) is 3.98. The Morgan fingerprint density at radius 1 is 1.03 bits per heavy atom. The van der Waals surface area contributed by atoms with Crippen LogP contribution in [0.1, 0.15) is 41.9 Å². The largest absolute Gasteiger partial charge is 0.497 e. The summed E-state index contributed by atoms with van der Waals surface area (Å²) in [6, 6.07) is 15.4. The standard InChI is InChI=1S/C25H26N4O3/c1-31-18-12-10-17(11-13-18)16-26-25(30)23-27-21-19-8-4-5-9-20(19)32-22(21)24(28-23)29-14-6-2-3-7-15-29/h4-5,8-13H,2-3,6-7,14-16H2,1H3,(H,26,30). The molecule has 0 unspecified atom stereocenters. The number of methoxy groups -OCH3 is 1. The van der Waals surface area contributed by atoms with Crippen LogP contribution in [0.2, 0.25) is 0 Å². The van der Waals surface area contributed by atoms with Gasteiger partial charge in [0, 0.05) is 25.0 Å². The third-order valence-electron chi connectivity index (χ3n) is 5.92. The number of furan rings is 1. The van der Waals surface area contributed by atoms with Gasteiger partial charge in [-0.1, -0.05) is 37.1 Å². The van der Waals surface area contributed by atoms with Crippen molar-refractivity contribution in [3.05, 3.63) is 59.9 Å². The summed E-state index contributed by atoms with van der Waals surface area (Å²) in [6.45, 7) is 2.18. The Bertz CT molecular complexity index is 1240. The van der Waals surface area contributed by atoms with Gasteiger partial charge in [0.15, 0.2) is 11.4 Å². The highest BCUT2D eigenvalue weighted by Gasteiger charge is 2.23. The molecule has 2 aromatic heterocycles. The number of benzene rings is 2. The number of hydrogen-bond donors (Lipinski definition) is 1. The van der Waals surface area contributed by atoms with Crippen LogP contribution < -0.4 is 15.0 Å². The van der Waals surface area contributed by atoms with Gasteiger partial charge in [0.25, 0.3) is 5.91 Å². The van der Waals surface area contributed by atoms with Gasteiger partial charge in [-0.3, -0.25) is 4.79 Å². The molecule has 1 fully saturated rings. The number of nitrogens with one attached hydrogen (secondary N) is 1. The highest BCUT2D eigenvalue weighted by atomic mass is 16.5. The predicted molar refractivity (Wildman–Crippen MR) is 124 cm³/mol. The van der Waals surface area contributed by atoms with Crippen LogP contribution in [0.3, 0.4) is 0 Å². The van der Waals surface area contributed by atoms with E-state index in [0.29, 0.717) is 23.5 Å². The molecule has 1 N–H and O–H groups in total. The lowest BCUT2D eigenvalue weighted by atomic mass is 10.2. The molecular formula is C25H26N4O3. The van der Waals surface area contributed by atoms with Crippen LogP contribution in [-0.4, -0.2) is 36.1 Å². The molecule has 0 bridgehead atoms. The molecule has 1 amide bonds. The first-order valence-electron chi connectivity index (χ1n) is 11.1. The fourth-order valence-electron chi connectivity index (χ4n) is 4.18. The lowest BCUT2D eigenvalue weighted by Crippen LogP contribution is -2.29. The van der Waals surface area contributed by atoms with Gasteiger partial charge in [-0.15, -0.1) is 0 Å². The Kier molecular flexibility index (Phi) is 5.62. The van der Waals surface area contributed by atoms with Crippen LogP contribution in [0.5, 0.6) is 5.75 Å². The van der Waals surface area contributed by atoms with Crippen molar-refractivity contribution < 1.29 is 13.9 Å². The van der Waals surface area contributed by atoms with Crippen molar-refractivity contribution in [3.8, 4) is 5.75 Å². The smallest absolute Gasteiger partial charge is 0.289 e. The van der Waals surface area contributed by atoms with Crippen LogP contribution >= 0.6 is 0 Å². The van der Waals surface area contributed by atoms with E-state index in [1.54, 1.807) is 7.11 Å². The van der Waals surface area contributed by atoms with Crippen LogP contribution in [-0.2, 0) is 6.54 Å². The van der Waals surface area contributed by atoms with E-state index >= 15 is 0 Å². The number of ether oxygens (including phenoxy) is 1. The van der Waals surface area contributed by atoms with Crippen molar-refractivity contribution in [2.24, 2.45) is 0 Å². The van der Waals surface area contributed by atoms with E-state index in [1.165, 1.54) is 12.8 Å². The molecule has 0 radical (unpaired) electrons. The van der Waals surface area contributed by atoms with Crippen LogP contribution in [0.4, 0.5) is 5.82 Å². The van der Waals surface area contributed by atoms with Gasteiger partial charge in [-0.25, -0.2) is 9.97 Å². The first kappa shape index (κ1) is 20.3. The van der Waals surface area contributed by atoms with E-state index in [0.717, 1.165) is 48.2 Å². The van der Waals surface area contributed by atoms with Gasteiger partial charge in [-0.2, -0.15) is 0 Å². The summed E-state index contributed by atoms with van der Waals surface area (Å²) in [6.07, 6.45) is 4.62. The van der Waals surface area contributed by atoms with Crippen LogP contribution in [0, 0.1) is 0 Å². The number of anilines is 1. The number of amides is 1. The second-order valence-electron chi connectivity index (χ2n) is 8.08. The van der Waals surface area contributed by atoms with E-state index in [9.17, 15) is 4.79 Å². The summed E-state index contributed by atoms with van der Waals surface area (Å²) >= 11 is 0. The minimum atomic E-state index is -0.302. The fraction of sp³-hybridized carbons (Fsp3) is 0.320. The number of rotatable bonds is 5. The molecule has 0 atom stereocenters. The molecule has 1 aliphatic rings. The molecule has 5 rings (SSSR count). The summed E-state index contributed by atoms with van der Waals surface area (Å²) in [7, 11) is 1.63. The Morgan fingerprint density at radius 2 is 1.78 bits per heavy atom. The Balaban J connectivity index is 1.50. The Morgan fingerprint density at radius 3 is 2.53 bits per heavy atom. The zero-order chi connectivity index (χ0) is 21.9. The van der Waals surface area contributed by atoms with Gasteiger partial charge in [0.05, 0.1) is 7.11 Å². The van der Waals surface area contributed by atoms with Gasteiger partial charge >= 0.3 is 0 Å². The number of fused-ring (bicyclic) bond motifs is 3. The zero-order valence-corrected chi connectivity index (χ0v) is 18.1. The van der Waals surface area contributed by atoms with Crippen LogP contribution in [0.15, 0.2) is 52.9 Å². The van der Waals surface area contributed by atoms with Gasteiger partial charge in [0.1, 0.15) is 16.8 Å². The van der Waals surface area contributed by atoms with Crippen molar-refractivity contribution in [2.75, 3.05) is 25.1 Å². The zero-order valence-electron chi connectivity index (χ0n) is 18.1. The molecule has 7 nitrogen and oxygen atoms in total. The normalized spacial score (nSPS) is 14.5. The number of nitrogens with zero attached hydrogens (tertiary/aromatic N) is 3. The van der Waals surface area contributed by atoms with Gasteiger partial charge in [-0.05, 0) is 42.7 Å².